The molecule has 0 heterocycles. The fourth-order valence-corrected chi connectivity index (χ4v) is 0.668. The maximum absolute atomic E-state index is 10.1. The van der Waals surface area contributed by atoms with E-state index in [1.165, 1.54) is 0 Å². The fourth-order valence-electron chi connectivity index (χ4n) is 0.668. The summed E-state index contributed by atoms with van der Waals surface area (Å²) in [7, 11) is 0. The first-order valence-corrected chi connectivity index (χ1v) is 4.10. The highest BCUT2D eigenvalue weighted by Crippen LogP contribution is 2.03. The summed E-state index contributed by atoms with van der Waals surface area (Å²) in [5, 5.41) is 43.1. The lowest BCUT2D eigenvalue weighted by molar-refractivity contribution is -0.191. The summed E-state index contributed by atoms with van der Waals surface area (Å²) in [6, 6.07) is 0. The highest BCUT2D eigenvalue weighted by atomic mass is 16.8. The van der Waals surface area contributed by atoms with Crippen molar-refractivity contribution in [2.45, 2.75) is 18.5 Å². The van der Waals surface area contributed by atoms with Gasteiger partial charge in [-0.05, 0) is 0 Å². The summed E-state index contributed by atoms with van der Waals surface area (Å²) in [4.78, 5) is 10.1. The van der Waals surface area contributed by atoms with Gasteiger partial charge in [0.25, 0.3) is 0 Å². The zero-order chi connectivity index (χ0) is 11.8. The molecule has 90 valence electrons. The second kappa shape index (κ2) is 7.37. The van der Waals surface area contributed by atoms with Crippen LogP contribution in [0.3, 0.4) is 0 Å². The number of aliphatic hydroxyl groups is 4. The van der Waals surface area contributed by atoms with Gasteiger partial charge in [-0.2, -0.15) is 0 Å². The summed E-state index contributed by atoms with van der Waals surface area (Å²) >= 11 is 0. The van der Waals surface area contributed by atoms with E-state index in [4.69, 9.17) is 25.5 Å². The first-order valence-electron chi connectivity index (χ1n) is 4.10. The van der Waals surface area contributed by atoms with Crippen molar-refractivity contribution in [3.8, 4) is 0 Å². The highest BCUT2D eigenvalue weighted by molar-refractivity contribution is 5.56. The van der Waals surface area contributed by atoms with Crippen LogP contribution < -0.4 is 0 Å². The standard InChI is InChI=1S/C7H14O8/c8-1-4(10)3-14-6(5(11)2-9)15-7(12)13/h4-6,8-11H,1-3H2,(H,12,13). The number of carbonyl (C=O) groups is 1. The summed E-state index contributed by atoms with van der Waals surface area (Å²) < 4.78 is 8.72. The van der Waals surface area contributed by atoms with Gasteiger partial charge in [-0.15, -0.1) is 0 Å². The molecule has 3 unspecified atom stereocenters. The molecule has 0 spiro atoms. The molecule has 8 nitrogen and oxygen atoms in total. The number of ether oxygens (including phenoxy) is 2. The van der Waals surface area contributed by atoms with E-state index in [2.05, 4.69) is 9.47 Å². The number of hydrogen-bond donors (Lipinski definition) is 5. The Morgan fingerprint density at radius 2 is 1.80 bits per heavy atom. The molecule has 0 rings (SSSR count). The van der Waals surface area contributed by atoms with E-state index in [9.17, 15) is 4.79 Å². The second-order valence-electron chi connectivity index (χ2n) is 2.67. The molecule has 5 N–H and O–H groups in total. The summed E-state index contributed by atoms with van der Waals surface area (Å²) in [6.07, 6.45) is -6.05. The third kappa shape index (κ3) is 6.20. The van der Waals surface area contributed by atoms with E-state index >= 15 is 0 Å². The van der Waals surface area contributed by atoms with Gasteiger partial charge in [0.1, 0.15) is 12.2 Å². The Hall–Kier alpha value is -0.930. The van der Waals surface area contributed by atoms with Crippen molar-refractivity contribution < 1.29 is 39.8 Å². The Morgan fingerprint density at radius 1 is 1.20 bits per heavy atom. The van der Waals surface area contributed by atoms with E-state index in [0.29, 0.717) is 0 Å². The molecule has 0 radical (unpaired) electrons. The molecule has 0 aromatic heterocycles. The molecule has 3 atom stereocenters. The molecular formula is C7H14O8. The van der Waals surface area contributed by atoms with Gasteiger partial charge in [0.05, 0.1) is 19.8 Å². The largest absolute Gasteiger partial charge is 0.508 e. The Morgan fingerprint density at radius 3 is 2.20 bits per heavy atom. The second-order valence-corrected chi connectivity index (χ2v) is 2.67. The van der Waals surface area contributed by atoms with Crippen LogP contribution in [-0.2, 0) is 9.47 Å². The predicted octanol–water partition coefficient (Wildman–Crippen LogP) is -2.27. The molecule has 0 aromatic rings. The molecule has 0 bridgehead atoms. The van der Waals surface area contributed by atoms with Crippen molar-refractivity contribution in [1.82, 2.24) is 0 Å². The number of aliphatic hydroxyl groups excluding tert-OH is 4. The molecule has 8 heteroatoms. The minimum Gasteiger partial charge on any atom is -0.450 e. The Balaban J connectivity index is 4.06. The van der Waals surface area contributed by atoms with Gasteiger partial charge < -0.3 is 35.0 Å². The number of rotatable bonds is 7. The highest BCUT2D eigenvalue weighted by Gasteiger charge is 2.24. The van der Waals surface area contributed by atoms with Crippen molar-refractivity contribution in [3.05, 3.63) is 0 Å². The molecule has 0 aliphatic rings. The zero-order valence-electron chi connectivity index (χ0n) is 7.81. The molecular weight excluding hydrogens is 212 g/mol. The Kier molecular flexibility index (Phi) is 6.92. The maximum Gasteiger partial charge on any atom is 0.508 e. The molecule has 0 aliphatic carbocycles. The van der Waals surface area contributed by atoms with Crippen LogP contribution in [0.5, 0.6) is 0 Å². The van der Waals surface area contributed by atoms with E-state index in [1.54, 1.807) is 0 Å². The molecule has 0 amide bonds. The number of carboxylic acid groups (broad SMARTS) is 1. The van der Waals surface area contributed by atoms with Gasteiger partial charge in [0, 0.05) is 0 Å². The van der Waals surface area contributed by atoms with Crippen molar-refractivity contribution in [3.63, 3.8) is 0 Å². The lowest BCUT2D eigenvalue weighted by Gasteiger charge is -2.21. The molecule has 0 aromatic carbocycles. The molecule has 15 heavy (non-hydrogen) atoms. The van der Waals surface area contributed by atoms with E-state index < -0.39 is 44.5 Å². The van der Waals surface area contributed by atoms with Crippen LogP contribution in [-0.4, -0.2) is 70.0 Å². The molecule has 0 fully saturated rings. The van der Waals surface area contributed by atoms with Crippen molar-refractivity contribution in [2.75, 3.05) is 19.8 Å². The summed E-state index contributed by atoms with van der Waals surface area (Å²) in [5.41, 5.74) is 0. The predicted molar refractivity (Wildman–Crippen MR) is 45.0 cm³/mol. The lowest BCUT2D eigenvalue weighted by Crippen LogP contribution is -2.38. The van der Waals surface area contributed by atoms with Gasteiger partial charge in [-0.3, -0.25) is 0 Å². The van der Waals surface area contributed by atoms with Gasteiger partial charge in [-0.25, -0.2) is 4.79 Å². The van der Waals surface area contributed by atoms with Crippen molar-refractivity contribution in [1.29, 1.82) is 0 Å². The lowest BCUT2D eigenvalue weighted by atomic mass is 10.3. The van der Waals surface area contributed by atoms with E-state index in [0.717, 1.165) is 0 Å². The van der Waals surface area contributed by atoms with Crippen molar-refractivity contribution in [2.24, 2.45) is 0 Å². The van der Waals surface area contributed by atoms with Crippen molar-refractivity contribution >= 4 is 6.16 Å². The van der Waals surface area contributed by atoms with Crippen LogP contribution in [0, 0.1) is 0 Å². The minimum absolute atomic E-state index is 0.425. The van der Waals surface area contributed by atoms with Gasteiger partial charge in [-0.1, -0.05) is 0 Å². The minimum atomic E-state index is -1.69. The maximum atomic E-state index is 10.1. The first-order chi connectivity index (χ1) is 7.01. The Bertz CT molecular complexity index is 184. The normalized spacial score (nSPS) is 16.8. The average molecular weight is 226 g/mol. The van der Waals surface area contributed by atoms with Gasteiger partial charge >= 0.3 is 6.16 Å². The Labute approximate surface area is 85.3 Å². The third-order valence-electron chi connectivity index (χ3n) is 1.38. The molecule has 0 saturated heterocycles. The van der Waals surface area contributed by atoms with E-state index in [-0.39, 0.29) is 0 Å². The fraction of sp³-hybridized carbons (Fsp3) is 0.857. The molecule has 0 saturated carbocycles. The van der Waals surface area contributed by atoms with Gasteiger partial charge in [0.15, 0.2) is 0 Å². The smallest absolute Gasteiger partial charge is 0.450 e. The van der Waals surface area contributed by atoms with Crippen LogP contribution in [0.2, 0.25) is 0 Å². The SMILES string of the molecule is O=C(O)OC(OCC(O)CO)C(O)CO. The monoisotopic (exact) mass is 226 g/mol. The van der Waals surface area contributed by atoms with Crippen LogP contribution in [0.15, 0.2) is 0 Å². The summed E-state index contributed by atoms with van der Waals surface area (Å²) in [5.74, 6) is 0. The first kappa shape index (κ1) is 14.1. The van der Waals surface area contributed by atoms with Gasteiger partial charge in [0.2, 0.25) is 6.29 Å². The van der Waals surface area contributed by atoms with Crippen LogP contribution in [0.1, 0.15) is 0 Å². The van der Waals surface area contributed by atoms with Crippen LogP contribution in [0.4, 0.5) is 4.79 Å². The quantitative estimate of drug-likeness (QED) is 0.242. The zero-order valence-corrected chi connectivity index (χ0v) is 7.81. The van der Waals surface area contributed by atoms with E-state index in [1.807, 2.05) is 0 Å². The van der Waals surface area contributed by atoms with Crippen LogP contribution >= 0.6 is 0 Å². The third-order valence-corrected chi connectivity index (χ3v) is 1.38. The summed E-state index contributed by atoms with van der Waals surface area (Å²) in [6.45, 7) is -1.76. The topological polar surface area (TPSA) is 137 Å². The molecule has 0 aliphatic heterocycles. The van der Waals surface area contributed by atoms with Crippen LogP contribution in [0.25, 0.3) is 0 Å². The average Bonchev–Trinajstić information content (AvgIpc) is 2.21. The number of hydrogen-bond acceptors (Lipinski definition) is 7.